The van der Waals surface area contributed by atoms with Crippen molar-refractivity contribution >= 4 is 22.8 Å². The van der Waals surface area contributed by atoms with Crippen LogP contribution >= 0.6 is 11.3 Å². The van der Waals surface area contributed by atoms with Crippen molar-refractivity contribution in [2.24, 2.45) is 5.92 Å². The minimum atomic E-state index is 0.345. The molecule has 2 aromatic rings. The minimum absolute atomic E-state index is 0.345. The summed E-state index contributed by atoms with van der Waals surface area (Å²) in [5.74, 6) is 1.42. The first kappa shape index (κ1) is 12.9. The third kappa shape index (κ3) is 3.01. The Labute approximate surface area is 112 Å². The van der Waals surface area contributed by atoms with Gasteiger partial charge in [-0.15, -0.1) is 11.3 Å². The van der Waals surface area contributed by atoms with Crippen LogP contribution < -0.4 is 10.6 Å². The lowest BCUT2D eigenvalue weighted by atomic mass is 10.0. The number of pyridine rings is 1. The molecule has 0 aromatic carbocycles. The largest absolute Gasteiger partial charge is 0.377 e. The molecular weight excluding hydrogens is 242 g/mol. The van der Waals surface area contributed by atoms with Crippen LogP contribution in [0.5, 0.6) is 0 Å². The third-order valence-corrected chi connectivity index (χ3v) is 3.81. The Morgan fingerprint density at radius 3 is 2.72 bits per heavy atom. The summed E-state index contributed by atoms with van der Waals surface area (Å²) in [6, 6.07) is 8.66. The van der Waals surface area contributed by atoms with Gasteiger partial charge >= 0.3 is 0 Å². The first-order valence-corrected chi connectivity index (χ1v) is 7.02. The Morgan fingerprint density at radius 1 is 1.28 bits per heavy atom. The van der Waals surface area contributed by atoms with E-state index in [1.165, 1.54) is 4.88 Å². The van der Waals surface area contributed by atoms with Crippen LogP contribution in [0.4, 0.5) is 11.5 Å². The van der Waals surface area contributed by atoms with Crippen LogP contribution in [0, 0.1) is 5.92 Å². The van der Waals surface area contributed by atoms with E-state index in [4.69, 9.17) is 0 Å². The van der Waals surface area contributed by atoms with Crippen molar-refractivity contribution in [3.8, 4) is 0 Å². The smallest absolute Gasteiger partial charge is 0.127 e. The fourth-order valence-electron chi connectivity index (χ4n) is 1.87. The number of aromatic nitrogens is 1. The molecule has 0 spiro atoms. The maximum atomic E-state index is 4.22. The molecule has 18 heavy (non-hydrogen) atoms. The molecule has 0 amide bonds. The Balaban J connectivity index is 2.18. The average Bonchev–Trinajstić information content (AvgIpc) is 2.89. The molecule has 0 aliphatic carbocycles. The molecule has 0 saturated carbocycles. The quantitative estimate of drug-likeness (QED) is 0.854. The zero-order chi connectivity index (χ0) is 13.0. The molecule has 1 atom stereocenters. The molecule has 0 aliphatic heterocycles. The van der Waals surface area contributed by atoms with Crippen LogP contribution in [0.1, 0.15) is 24.8 Å². The Morgan fingerprint density at radius 2 is 2.11 bits per heavy atom. The van der Waals surface area contributed by atoms with Gasteiger partial charge < -0.3 is 10.6 Å². The van der Waals surface area contributed by atoms with Gasteiger partial charge in [-0.25, -0.2) is 4.98 Å². The molecule has 0 saturated heterocycles. The molecule has 4 heteroatoms. The highest BCUT2D eigenvalue weighted by Gasteiger charge is 2.16. The predicted octanol–water partition coefficient (Wildman–Crippen LogP) is 3.99. The molecular formula is C14H19N3S. The normalized spacial score (nSPS) is 12.4. The average molecular weight is 261 g/mol. The van der Waals surface area contributed by atoms with E-state index in [1.807, 2.05) is 25.4 Å². The molecule has 0 bridgehead atoms. The second kappa shape index (κ2) is 5.87. The minimum Gasteiger partial charge on any atom is -0.377 e. The molecule has 2 N–H and O–H groups in total. The van der Waals surface area contributed by atoms with Crippen molar-refractivity contribution < 1.29 is 0 Å². The Hall–Kier alpha value is -1.55. The molecule has 1 unspecified atom stereocenters. The SMILES string of the molecule is CNc1cc(NC(c2cccs2)C(C)C)ccn1. The standard InChI is InChI=1S/C14H19N3S/c1-10(2)14(12-5-4-8-18-12)17-11-6-7-16-13(9-11)15-3/h4-10,14H,1-3H3,(H2,15,16,17). The van der Waals surface area contributed by atoms with Crippen molar-refractivity contribution in [1.29, 1.82) is 0 Å². The van der Waals surface area contributed by atoms with Crippen molar-refractivity contribution in [3.63, 3.8) is 0 Å². The van der Waals surface area contributed by atoms with Crippen LogP contribution in [-0.2, 0) is 0 Å². The van der Waals surface area contributed by atoms with Gasteiger partial charge in [-0.2, -0.15) is 0 Å². The van der Waals surface area contributed by atoms with Gasteiger partial charge in [0.2, 0.25) is 0 Å². The zero-order valence-electron chi connectivity index (χ0n) is 11.0. The van der Waals surface area contributed by atoms with E-state index in [2.05, 4.69) is 47.0 Å². The summed E-state index contributed by atoms with van der Waals surface area (Å²) in [4.78, 5) is 5.59. The number of rotatable bonds is 5. The maximum absolute atomic E-state index is 4.22. The first-order valence-electron chi connectivity index (χ1n) is 6.14. The van der Waals surface area contributed by atoms with Crippen molar-refractivity contribution in [2.75, 3.05) is 17.7 Å². The molecule has 2 rings (SSSR count). The van der Waals surface area contributed by atoms with E-state index >= 15 is 0 Å². The van der Waals surface area contributed by atoms with Gasteiger partial charge in [-0.1, -0.05) is 19.9 Å². The topological polar surface area (TPSA) is 37.0 Å². The van der Waals surface area contributed by atoms with Crippen molar-refractivity contribution in [1.82, 2.24) is 4.98 Å². The highest BCUT2D eigenvalue weighted by molar-refractivity contribution is 7.10. The summed E-state index contributed by atoms with van der Waals surface area (Å²) in [7, 11) is 1.88. The summed E-state index contributed by atoms with van der Waals surface area (Å²) < 4.78 is 0. The summed E-state index contributed by atoms with van der Waals surface area (Å²) in [5.41, 5.74) is 1.10. The molecule has 0 fully saturated rings. The maximum Gasteiger partial charge on any atom is 0.127 e. The molecule has 3 nitrogen and oxygen atoms in total. The Bertz CT molecular complexity index is 480. The number of anilines is 2. The molecule has 96 valence electrons. The predicted molar refractivity (Wildman–Crippen MR) is 79.3 cm³/mol. The van der Waals surface area contributed by atoms with Gasteiger partial charge in [0, 0.05) is 29.9 Å². The summed E-state index contributed by atoms with van der Waals surface area (Å²) in [6.07, 6.45) is 1.82. The lowest BCUT2D eigenvalue weighted by Crippen LogP contribution is -2.15. The van der Waals surface area contributed by atoms with Crippen LogP contribution in [0.25, 0.3) is 0 Å². The van der Waals surface area contributed by atoms with Gasteiger partial charge in [0.15, 0.2) is 0 Å². The number of nitrogens with zero attached hydrogens (tertiary/aromatic N) is 1. The van der Waals surface area contributed by atoms with E-state index in [0.29, 0.717) is 12.0 Å². The highest BCUT2D eigenvalue weighted by Crippen LogP contribution is 2.29. The summed E-state index contributed by atoms with van der Waals surface area (Å²) in [6.45, 7) is 4.47. The van der Waals surface area contributed by atoms with Crippen molar-refractivity contribution in [2.45, 2.75) is 19.9 Å². The van der Waals surface area contributed by atoms with Crippen LogP contribution in [0.3, 0.4) is 0 Å². The van der Waals surface area contributed by atoms with Gasteiger partial charge in [-0.3, -0.25) is 0 Å². The van der Waals surface area contributed by atoms with E-state index in [0.717, 1.165) is 11.5 Å². The lowest BCUT2D eigenvalue weighted by molar-refractivity contribution is 0.554. The molecule has 0 radical (unpaired) electrons. The number of thiophene rings is 1. The second-order valence-electron chi connectivity index (χ2n) is 4.56. The number of nitrogens with one attached hydrogen (secondary N) is 2. The Kier molecular flexibility index (Phi) is 4.20. The fourth-order valence-corrected chi connectivity index (χ4v) is 2.82. The van der Waals surface area contributed by atoms with E-state index in [-0.39, 0.29) is 0 Å². The number of hydrogen-bond acceptors (Lipinski definition) is 4. The van der Waals surface area contributed by atoms with Gasteiger partial charge in [-0.05, 0) is 23.4 Å². The fraction of sp³-hybridized carbons (Fsp3) is 0.357. The molecule has 2 heterocycles. The lowest BCUT2D eigenvalue weighted by Gasteiger charge is -2.22. The van der Waals surface area contributed by atoms with Crippen molar-refractivity contribution in [3.05, 3.63) is 40.7 Å². The summed E-state index contributed by atoms with van der Waals surface area (Å²) in [5, 5.41) is 8.77. The number of hydrogen-bond donors (Lipinski definition) is 2. The van der Waals surface area contributed by atoms with Gasteiger partial charge in [0.25, 0.3) is 0 Å². The molecule has 2 aromatic heterocycles. The van der Waals surface area contributed by atoms with Gasteiger partial charge in [0.05, 0.1) is 6.04 Å². The van der Waals surface area contributed by atoms with Crippen LogP contribution in [0.15, 0.2) is 35.8 Å². The molecule has 0 aliphatic rings. The van der Waals surface area contributed by atoms with E-state index in [1.54, 1.807) is 11.3 Å². The van der Waals surface area contributed by atoms with E-state index < -0.39 is 0 Å². The third-order valence-electron chi connectivity index (χ3n) is 2.85. The zero-order valence-corrected chi connectivity index (χ0v) is 11.8. The monoisotopic (exact) mass is 261 g/mol. The van der Waals surface area contributed by atoms with E-state index in [9.17, 15) is 0 Å². The first-order chi connectivity index (χ1) is 8.70. The summed E-state index contributed by atoms with van der Waals surface area (Å²) >= 11 is 1.79. The second-order valence-corrected chi connectivity index (χ2v) is 5.54. The van der Waals surface area contributed by atoms with Gasteiger partial charge in [0.1, 0.15) is 5.82 Å². The van der Waals surface area contributed by atoms with Crippen LogP contribution in [0.2, 0.25) is 0 Å². The highest BCUT2D eigenvalue weighted by atomic mass is 32.1. The van der Waals surface area contributed by atoms with Crippen LogP contribution in [-0.4, -0.2) is 12.0 Å².